The smallest absolute Gasteiger partial charge is 0.221 e. The Kier molecular flexibility index (Phi) is 4.49. The third-order valence-electron chi connectivity index (χ3n) is 2.12. The number of anilines is 1. The number of halogens is 1. The lowest BCUT2D eigenvalue weighted by Gasteiger charge is -2.09. The number of nitrogens with one attached hydrogen (secondary N) is 2. The molecule has 1 aromatic heterocycles. The fourth-order valence-electron chi connectivity index (χ4n) is 1.19. The molecule has 0 spiro atoms. The Hall–Kier alpha value is -1.36. The molecule has 0 aromatic carbocycles. The molecule has 1 heterocycles. The van der Waals surface area contributed by atoms with Crippen LogP contribution in [0.25, 0.3) is 0 Å². The number of rotatable bonds is 4. The topological polar surface area (TPSA) is 66.9 Å². The second kappa shape index (κ2) is 5.65. The van der Waals surface area contributed by atoms with E-state index in [1.807, 2.05) is 6.92 Å². The molecule has 1 rings (SSSR count). The van der Waals surface area contributed by atoms with Gasteiger partial charge in [0.1, 0.15) is 16.8 Å². The highest BCUT2D eigenvalue weighted by atomic mass is 35.5. The molecular weight excluding hydrogens is 228 g/mol. The van der Waals surface area contributed by atoms with Gasteiger partial charge in [-0.1, -0.05) is 11.6 Å². The van der Waals surface area contributed by atoms with Crippen LogP contribution in [0.15, 0.2) is 0 Å². The van der Waals surface area contributed by atoms with Gasteiger partial charge < -0.3 is 10.6 Å². The number of aromatic nitrogens is 2. The van der Waals surface area contributed by atoms with E-state index in [-0.39, 0.29) is 5.91 Å². The number of amides is 1. The zero-order valence-corrected chi connectivity index (χ0v) is 10.4. The van der Waals surface area contributed by atoms with Crippen LogP contribution in [0.3, 0.4) is 0 Å². The Morgan fingerprint density at radius 2 is 2.06 bits per heavy atom. The van der Waals surface area contributed by atoms with Gasteiger partial charge in [0.05, 0.1) is 0 Å². The van der Waals surface area contributed by atoms with Gasteiger partial charge in [-0.2, -0.15) is 0 Å². The number of aryl methyl sites for hydroxylation is 1. The first-order valence-electron chi connectivity index (χ1n) is 4.99. The summed E-state index contributed by atoms with van der Waals surface area (Å²) in [5.41, 5.74) is 0.796. The zero-order chi connectivity index (χ0) is 12.1. The summed E-state index contributed by atoms with van der Waals surface area (Å²) in [6.07, 6.45) is 0.399. The summed E-state index contributed by atoms with van der Waals surface area (Å²) in [6.45, 7) is 4.13. The highest BCUT2D eigenvalue weighted by molar-refractivity contribution is 6.30. The van der Waals surface area contributed by atoms with E-state index >= 15 is 0 Å². The molecule has 1 amide bonds. The lowest BCUT2D eigenvalue weighted by molar-refractivity contribution is -0.120. The highest BCUT2D eigenvalue weighted by Crippen LogP contribution is 2.19. The molecule has 0 aliphatic heterocycles. The summed E-state index contributed by atoms with van der Waals surface area (Å²) < 4.78 is 0. The average molecular weight is 243 g/mol. The molecule has 6 heteroatoms. The van der Waals surface area contributed by atoms with Gasteiger partial charge in [-0.15, -0.1) is 0 Å². The number of carbonyl (C=O) groups is 1. The van der Waals surface area contributed by atoms with Crippen molar-refractivity contribution < 1.29 is 4.79 Å². The zero-order valence-electron chi connectivity index (χ0n) is 9.59. The summed E-state index contributed by atoms with van der Waals surface area (Å²) in [4.78, 5) is 19.3. The van der Waals surface area contributed by atoms with E-state index in [1.165, 1.54) is 0 Å². The number of hydrogen-bond acceptors (Lipinski definition) is 4. The molecule has 0 aliphatic carbocycles. The van der Waals surface area contributed by atoms with Crippen LogP contribution in [0.5, 0.6) is 0 Å². The van der Waals surface area contributed by atoms with Crippen LogP contribution in [0.4, 0.5) is 5.82 Å². The SMILES string of the molecule is CNC(=O)CCNc1nc(C)nc(Cl)c1C. The van der Waals surface area contributed by atoms with Crippen molar-refractivity contribution in [3.63, 3.8) is 0 Å². The van der Waals surface area contributed by atoms with E-state index in [1.54, 1.807) is 14.0 Å². The first-order chi connectivity index (χ1) is 7.54. The van der Waals surface area contributed by atoms with Crippen molar-refractivity contribution in [2.45, 2.75) is 20.3 Å². The van der Waals surface area contributed by atoms with Crippen LogP contribution in [0.2, 0.25) is 5.15 Å². The number of hydrogen-bond donors (Lipinski definition) is 2. The van der Waals surface area contributed by atoms with Crippen LogP contribution < -0.4 is 10.6 Å². The van der Waals surface area contributed by atoms with E-state index in [2.05, 4.69) is 20.6 Å². The minimum absolute atomic E-state index is 0.0120. The molecule has 0 unspecified atom stereocenters. The molecule has 0 fully saturated rings. The van der Waals surface area contributed by atoms with Gasteiger partial charge in [0.2, 0.25) is 5.91 Å². The molecule has 0 aliphatic rings. The van der Waals surface area contributed by atoms with Crippen molar-refractivity contribution in [3.05, 3.63) is 16.5 Å². The predicted octanol–water partition coefficient (Wildman–Crippen LogP) is 1.29. The summed E-state index contributed by atoms with van der Waals surface area (Å²) in [5.74, 6) is 1.28. The highest BCUT2D eigenvalue weighted by Gasteiger charge is 2.07. The summed E-state index contributed by atoms with van der Waals surface area (Å²) in [7, 11) is 1.61. The van der Waals surface area contributed by atoms with E-state index in [9.17, 15) is 4.79 Å². The molecule has 5 nitrogen and oxygen atoms in total. The number of carbonyl (C=O) groups excluding carboxylic acids is 1. The van der Waals surface area contributed by atoms with Crippen molar-refractivity contribution >= 4 is 23.3 Å². The third kappa shape index (κ3) is 3.34. The van der Waals surface area contributed by atoms with Crippen LogP contribution in [0.1, 0.15) is 17.8 Å². The van der Waals surface area contributed by atoms with Gasteiger partial charge in [-0.05, 0) is 13.8 Å². The normalized spacial score (nSPS) is 10.0. The second-order valence-corrected chi connectivity index (χ2v) is 3.74. The lowest BCUT2D eigenvalue weighted by Crippen LogP contribution is -2.21. The van der Waals surface area contributed by atoms with Gasteiger partial charge >= 0.3 is 0 Å². The summed E-state index contributed by atoms with van der Waals surface area (Å²) in [6, 6.07) is 0. The van der Waals surface area contributed by atoms with Gasteiger partial charge in [0.25, 0.3) is 0 Å². The van der Waals surface area contributed by atoms with Crippen LogP contribution >= 0.6 is 11.6 Å². The van der Waals surface area contributed by atoms with Crippen molar-refractivity contribution in [2.75, 3.05) is 18.9 Å². The van der Waals surface area contributed by atoms with Crippen LogP contribution in [-0.2, 0) is 4.79 Å². The third-order valence-corrected chi connectivity index (χ3v) is 2.49. The molecule has 0 bridgehead atoms. The maximum absolute atomic E-state index is 11.0. The Bertz CT molecular complexity index is 395. The van der Waals surface area contributed by atoms with Gasteiger partial charge in [0.15, 0.2) is 0 Å². The maximum Gasteiger partial charge on any atom is 0.221 e. The van der Waals surface area contributed by atoms with E-state index in [4.69, 9.17) is 11.6 Å². The Morgan fingerprint density at radius 3 is 2.69 bits per heavy atom. The minimum Gasteiger partial charge on any atom is -0.369 e. The number of nitrogens with zero attached hydrogens (tertiary/aromatic N) is 2. The molecule has 2 N–H and O–H groups in total. The van der Waals surface area contributed by atoms with Crippen molar-refractivity contribution in [3.8, 4) is 0 Å². The Balaban J connectivity index is 2.63. The fraction of sp³-hybridized carbons (Fsp3) is 0.500. The molecular formula is C10H15ClN4O. The quantitative estimate of drug-likeness (QED) is 0.781. The Labute approximate surface area is 99.6 Å². The molecule has 88 valence electrons. The standard InChI is InChI=1S/C10H15ClN4O/c1-6-9(11)14-7(2)15-10(6)13-5-4-8(16)12-3/h4-5H2,1-3H3,(H,12,16)(H,13,14,15). The van der Waals surface area contributed by atoms with Gasteiger partial charge in [-0.25, -0.2) is 9.97 Å². The average Bonchev–Trinajstić information content (AvgIpc) is 2.24. The molecule has 0 saturated heterocycles. The second-order valence-electron chi connectivity index (χ2n) is 3.39. The fourth-order valence-corrected chi connectivity index (χ4v) is 1.40. The first kappa shape index (κ1) is 12.7. The molecule has 0 radical (unpaired) electrons. The Morgan fingerprint density at radius 1 is 1.38 bits per heavy atom. The lowest BCUT2D eigenvalue weighted by atomic mass is 10.3. The summed E-state index contributed by atoms with van der Waals surface area (Å²) in [5, 5.41) is 6.05. The summed E-state index contributed by atoms with van der Waals surface area (Å²) >= 11 is 5.92. The molecule has 0 atom stereocenters. The van der Waals surface area contributed by atoms with E-state index < -0.39 is 0 Å². The van der Waals surface area contributed by atoms with Crippen LogP contribution in [0, 0.1) is 13.8 Å². The van der Waals surface area contributed by atoms with Crippen molar-refractivity contribution in [1.82, 2.24) is 15.3 Å². The van der Waals surface area contributed by atoms with E-state index in [0.717, 1.165) is 5.56 Å². The maximum atomic E-state index is 11.0. The monoisotopic (exact) mass is 242 g/mol. The molecule has 1 aromatic rings. The minimum atomic E-state index is -0.0120. The van der Waals surface area contributed by atoms with Crippen molar-refractivity contribution in [2.24, 2.45) is 0 Å². The molecule has 0 saturated carbocycles. The first-order valence-corrected chi connectivity index (χ1v) is 5.37. The predicted molar refractivity (Wildman–Crippen MR) is 63.7 cm³/mol. The van der Waals surface area contributed by atoms with Crippen molar-refractivity contribution in [1.29, 1.82) is 0 Å². The molecule has 16 heavy (non-hydrogen) atoms. The van der Waals surface area contributed by atoms with Gasteiger partial charge in [-0.3, -0.25) is 4.79 Å². The van der Waals surface area contributed by atoms with Crippen LogP contribution in [-0.4, -0.2) is 29.5 Å². The van der Waals surface area contributed by atoms with E-state index in [0.29, 0.717) is 29.8 Å². The van der Waals surface area contributed by atoms with Gasteiger partial charge in [0, 0.05) is 25.6 Å². The largest absolute Gasteiger partial charge is 0.369 e.